The number of nitrogens with one attached hydrogen (secondary N) is 1. The molecule has 22 heavy (non-hydrogen) atoms. The van der Waals surface area contributed by atoms with Crippen LogP contribution in [-0.4, -0.2) is 11.4 Å². The van der Waals surface area contributed by atoms with Gasteiger partial charge in [-0.25, -0.2) is 0 Å². The minimum Gasteiger partial charge on any atom is -0.338 e. The number of rotatable bonds is 1. The Kier molecular flexibility index (Phi) is 3.59. The van der Waals surface area contributed by atoms with Crippen molar-refractivity contribution in [1.82, 2.24) is 5.32 Å². The lowest BCUT2D eigenvalue weighted by Crippen LogP contribution is -2.21. The second-order valence-electron chi connectivity index (χ2n) is 6.14. The molecule has 0 radical (unpaired) electrons. The second kappa shape index (κ2) is 5.43. The zero-order valence-electron chi connectivity index (χ0n) is 12.8. The zero-order valence-corrected chi connectivity index (χ0v) is 13.7. The molecule has 1 aliphatic rings. The van der Waals surface area contributed by atoms with E-state index in [2.05, 4.69) is 32.2 Å². The van der Waals surface area contributed by atoms with Crippen LogP contribution in [-0.2, 0) is 0 Å². The average molecular weight is 307 g/mol. The summed E-state index contributed by atoms with van der Waals surface area (Å²) in [6, 6.07) is 14.3. The van der Waals surface area contributed by atoms with Crippen LogP contribution in [0.15, 0.2) is 46.8 Å². The minimum absolute atomic E-state index is 0.180. The SMILES string of the molecule is CC(C)(C)N=C1N/C(=C(/C#N)c2cccs2)c2ccccc21. The number of hydrogen-bond donors (Lipinski definition) is 1. The smallest absolute Gasteiger partial charge is 0.133 e. The number of hydrogen-bond acceptors (Lipinski definition) is 3. The van der Waals surface area contributed by atoms with Crippen molar-refractivity contribution in [2.45, 2.75) is 26.3 Å². The van der Waals surface area contributed by atoms with E-state index in [1.807, 2.05) is 41.8 Å². The van der Waals surface area contributed by atoms with Crippen molar-refractivity contribution >= 4 is 28.4 Å². The van der Waals surface area contributed by atoms with Gasteiger partial charge in [0.25, 0.3) is 0 Å². The summed E-state index contributed by atoms with van der Waals surface area (Å²) < 4.78 is 0. The van der Waals surface area contributed by atoms with Gasteiger partial charge in [0.05, 0.1) is 16.8 Å². The summed E-state index contributed by atoms with van der Waals surface area (Å²) in [5, 5.41) is 15.0. The summed E-state index contributed by atoms with van der Waals surface area (Å²) in [5.74, 6) is 0.836. The van der Waals surface area contributed by atoms with Crippen LogP contribution in [0, 0.1) is 11.3 Å². The maximum Gasteiger partial charge on any atom is 0.133 e. The molecule has 3 rings (SSSR count). The number of amidine groups is 1. The van der Waals surface area contributed by atoms with Crippen molar-refractivity contribution in [3.05, 3.63) is 57.8 Å². The molecule has 4 heteroatoms. The fourth-order valence-corrected chi connectivity index (χ4v) is 3.16. The predicted octanol–water partition coefficient (Wildman–Crippen LogP) is 4.29. The summed E-state index contributed by atoms with van der Waals surface area (Å²) in [7, 11) is 0. The minimum atomic E-state index is -0.180. The molecule has 2 heterocycles. The highest BCUT2D eigenvalue weighted by molar-refractivity contribution is 7.11. The summed E-state index contributed by atoms with van der Waals surface area (Å²) in [4.78, 5) is 5.73. The molecule has 0 unspecified atom stereocenters. The van der Waals surface area contributed by atoms with Crippen LogP contribution in [0.4, 0.5) is 0 Å². The largest absolute Gasteiger partial charge is 0.338 e. The molecule has 3 nitrogen and oxygen atoms in total. The van der Waals surface area contributed by atoms with E-state index in [1.54, 1.807) is 11.3 Å². The summed E-state index contributed by atoms with van der Waals surface area (Å²) in [5.41, 5.74) is 3.43. The van der Waals surface area contributed by atoms with Crippen LogP contribution < -0.4 is 5.32 Å². The number of thiophene rings is 1. The molecule has 0 fully saturated rings. The van der Waals surface area contributed by atoms with Gasteiger partial charge in [-0.05, 0) is 32.2 Å². The highest BCUT2D eigenvalue weighted by atomic mass is 32.1. The van der Waals surface area contributed by atoms with Crippen molar-refractivity contribution in [2.24, 2.45) is 4.99 Å². The molecule has 0 amide bonds. The molecule has 0 bridgehead atoms. The molecule has 1 aromatic carbocycles. The van der Waals surface area contributed by atoms with E-state index in [0.717, 1.165) is 27.5 Å². The van der Waals surface area contributed by atoms with E-state index in [-0.39, 0.29) is 5.54 Å². The van der Waals surface area contributed by atoms with E-state index in [0.29, 0.717) is 5.57 Å². The third kappa shape index (κ3) is 2.68. The van der Waals surface area contributed by atoms with Crippen molar-refractivity contribution in [3.63, 3.8) is 0 Å². The maximum absolute atomic E-state index is 9.62. The lowest BCUT2D eigenvalue weighted by molar-refractivity contribution is 0.582. The topological polar surface area (TPSA) is 48.2 Å². The molecular weight excluding hydrogens is 290 g/mol. The van der Waals surface area contributed by atoms with Gasteiger partial charge in [-0.2, -0.15) is 5.26 Å². The Morgan fingerprint density at radius 3 is 2.45 bits per heavy atom. The zero-order chi connectivity index (χ0) is 15.7. The Bertz CT molecular complexity index is 800. The number of benzene rings is 1. The van der Waals surface area contributed by atoms with Crippen molar-refractivity contribution in [1.29, 1.82) is 5.26 Å². The van der Waals surface area contributed by atoms with E-state index in [1.165, 1.54) is 0 Å². The normalized spacial score (nSPS) is 17.8. The molecule has 2 aromatic rings. The number of allylic oxidation sites excluding steroid dienone is 1. The van der Waals surface area contributed by atoms with Gasteiger partial charge < -0.3 is 5.32 Å². The summed E-state index contributed by atoms with van der Waals surface area (Å²) >= 11 is 1.57. The molecule has 0 atom stereocenters. The molecule has 1 aliphatic heterocycles. The van der Waals surface area contributed by atoms with E-state index >= 15 is 0 Å². The van der Waals surface area contributed by atoms with Crippen LogP contribution in [0.25, 0.3) is 11.3 Å². The van der Waals surface area contributed by atoms with Crippen molar-refractivity contribution in [2.75, 3.05) is 0 Å². The van der Waals surface area contributed by atoms with Crippen molar-refractivity contribution in [3.8, 4) is 6.07 Å². The van der Waals surface area contributed by atoms with Crippen LogP contribution in [0.2, 0.25) is 0 Å². The Hall–Kier alpha value is -2.38. The maximum atomic E-state index is 9.62. The highest BCUT2D eigenvalue weighted by Gasteiger charge is 2.26. The second-order valence-corrected chi connectivity index (χ2v) is 7.09. The Morgan fingerprint density at radius 1 is 1.14 bits per heavy atom. The van der Waals surface area contributed by atoms with Crippen LogP contribution in [0.5, 0.6) is 0 Å². The van der Waals surface area contributed by atoms with Gasteiger partial charge in [-0.3, -0.25) is 4.99 Å². The predicted molar refractivity (Wildman–Crippen MR) is 92.6 cm³/mol. The molecule has 0 saturated heterocycles. The van der Waals surface area contributed by atoms with Gasteiger partial charge in [0.15, 0.2) is 0 Å². The first kappa shape index (κ1) is 14.6. The Balaban J connectivity index is 2.21. The Morgan fingerprint density at radius 2 is 1.86 bits per heavy atom. The lowest BCUT2D eigenvalue weighted by Gasteiger charge is -2.14. The lowest BCUT2D eigenvalue weighted by atomic mass is 10.0. The van der Waals surface area contributed by atoms with Crippen molar-refractivity contribution < 1.29 is 0 Å². The molecule has 0 aliphatic carbocycles. The van der Waals surface area contributed by atoms with Crippen LogP contribution in [0.1, 0.15) is 36.8 Å². The summed E-state index contributed by atoms with van der Waals surface area (Å²) in [6.07, 6.45) is 0. The molecular formula is C18H17N3S. The first-order chi connectivity index (χ1) is 10.5. The molecule has 1 aromatic heterocycles. The number of aliphatic imine (C=N–C) groups is 1. The molecule has 0 spiro atoms. The fraction of sp³-hybridized carbons (Fsp3) is 0.222. The number of nitriles is 1. The first-order valence-electron chi connectivity index (χ1n) is 7.14. The Labute approximate surface area is 134 Å². The van der Waals surface area contributed by atoms with Gasteiger partial charge in [-0.15, -0.1) is 11.3 Å². The number of fused-ring (bicyclic) bond motifs is 1. The van der Waals surface area contributed by atoms with E-state index in [4.69, 9.17) is 4.99 Å². The quantitative estimate of drug-likeness (QED) is 0.799. The van der Waals surface area contributed by atoms with Crippen LogP contribution >= 0.6 is 11.3 Å². The van der Waals surface area contributed by atoms with Gasteiger partial charge in [0.1, 0.15) is 11.9 Å². The summed E-state index contributed by atoms with van der Waals surface area (Å²) in [6.45, 7) is 6.20. The van der Waals surface area contributed by atoms with Gasteiger partial charge in [0, 0.05) is 16.0 Å². The molecule has 1 N–H and O–H groups in total. The van der Waals surface area contributed by atoms with Gasteiger partial charge >= 0.3 is 0 Å². The number of nitrogens with zero attached hydrogens (tertiary/aromatic N) is 2. The van der Waals surface area contributed by atoms with Gasteiger partial charge in [-0.1, -0.05) is 30.3 Å². The third-order valence-corrected chi connectivity index (χ3v) is 4.16. The highest BCUT2D eigenvalue weighted by Crippen LogP contribution is 2.33. The standard InChI is InChI=1S/C18H17N3S/c1-18(2,3)21-17-13-8-5-4-7-12(13)16(20-17)14(11-19)15-9-6-10-22-15/h4-10H,1-3H3,(H,20,21)/b16-14-. The van der Waals surface area contributed by atoms with E-state index < -0.39 is 0 Å². The average Bonchev–Trinajstić information content (AvgIpc) is 3.09. The van der Waals surface area contributed by atoms with E-state index in [9.17, 15) is 5.26 Å². The molecule has 110 valence electrons. The first-order valence-corrected chi connectivity index (χ1v) is 8.02. The third-order valence-electron chi connectivity index (χ3n) is 3.27. The fourth-order valence-electron chi connectivity index (χ4n) is 2.44. The molecule has 0 saturated carbocycles. The monoisotopic (exact) mass is 307 g/mol. The van der Waals surface area contributed by atoms with Crippen LogP contribution in [0.3, 0.4) is 0 Å². The van der Waals surface area contributed by atoms with Gasteiger partial charge in [0.2, 0.25) is 0 Å².